The molecule has 0 aliphatic heterocycles. The third-order valence-corrected chi connectivity index (χ3v) is 3.93. The van der Waals surface area contributed by atoms with Crippen molar-refractivity contribution in [3.63, 3.8) is 0 Å². The summed E-state index contributed by atoms with van der Waals surface area (Å²) in [5.41, 5.74) is 1.67. The van der Waals surface area contributed by atoms with E-state index in [1.54, 1.807) is 62.6 Å². The SMILES string of the molecule is CCOC(=O)c1ccccc1Nc1cc(C(=O)Nc2ccc(OC)cc2)ncn1. The summed E-state index contributed by atoms with van der Waals surface area (Å²) in [4.78, 5) is 32.8. The van der Waals surface area contributed by atoms with Gasteiger partial charge < -0.3 is 20.1 Å². The van der Waals surface area contributed by atoms with Crippen molar-refractivity contribution in [2.24, 2.45) is 0 Å². The minimum absolute atomic E-state index is 0.173. The summed E-state index contributed by atoms with van der Waals surface area (Å²) >= 11 is 0. The molecular formula is C21H20N4O4. The Morgan fingerprint density at radius 2 is 1.79 bits per heavy atom. The lowest BCUT2D eigenvalue weighted by Crippen LogP contribution is -2.14. The van der Waals surface area contributed by atoms with Crippen molar-refractivity contribution >= 4 is 29.1 Å². The number of esters is 1. The normalized spacial score (nSPS) is 10.1. The number of hydrogen-bond donors (Lipinski definition) is 2. The molecule has 0 spiro atoms. The number of ether oxygens (including phenoxy) is 2. The standard InChI is InChI=1S/C21H20N4O4/c1-3-29-21(27)16-6-4-5-7-17(16)25-19-12-18(22-13-23-19)20(26)24-14-8-10-15(28-2)11-9-14/h4-13H,3H2,1-2H3,(H,24,26)(H,22,23,25). The van der Waals surface area contributed by atoms with Crippen LogP contribution in [0.1, 0.15) is 27.8 Å². The molecule has 148 valence electrons. The Morgan fingerprint density at radius 3 is 2.52 bits per heavy atom. The molecule has 1 heterocycles. The predicted molar refractivity (Wildman–Crippen MR) is 109 cm³/mol. The zero-order valence-corrected chi connectivity index (χ0v) is 16.0. The molecule has 0 atom stereocenters. The number of anilines is 3. The van der Waals surface area contributed by atoms with Crippen molar-refractivity contribution in [2.75, 3.05) is 24.4 Å². The van der Waals surface area contributed by atoms with Crippen molar-refractivity contribution in [2.45, 2.75) is 6.92 Å². The topological polar surface area (TPSA) is 102 Å². The summed E-state index contributed by atoms with van der Waals surface area (Å²) < 4.78 is 10.2. The second-order valence-corrected chi connectivity index (χ2v) is 5.86. The van der Waals surface area contributed by atoms with E-state index in [1.807, 2.05) is 0 Å². The number of carbonyl (C=O) groups excluding carboxylic acids is 2. The van der Waals surface area contributed by atoms with Crippen molar-refractivity contribution in [1.29, 1.82) is 0 Å². The molecule has 0 aliphatic carbocycles. The smallest absolute Gasteiger partial charge is 0.340 e. The number of carbonyl (C=O) groups is 2. The van der Waals surface area contributed by atoms with Crippen LogP contribution in [0.3, 0.4) is 0 Å². The molecule has 8 heteroatoms. The van der Waals surface area contributed by atoms with Gasteiger partial charge >= 0.3 is 5.97 Å². The fraction of sp³-hybridized carbons (Fsp3) is 0.143. The molecule has 29 heavy (non-hydrogen) atoms. The van der Waals surface area contributed by atoms with Gasteiger partial charge in [-0.25, -0.2) is 14.8 Å². The third-order valence-electron chi connectivity index (χ3n) is 3.93. The first kappa shape index (κ1) is 19.8. The Bertz CT molecular complexity index is 1010. The lowest BCUT2D eigenvalue weighted by Gasteiger charge is -2.11. The summed E-state index contributed by atoms with van der Waals surface area (Å²) in [6, 6.07) is 15.4. The highest BCUT2D eigenvalue weighted by Gasteiger charge is 2.14. The quantitative estimate of drug-likeness (QED) is 0.592. The van der Waals surface area contributed by atoms with Crippen LogP contribution in [-0.2, 0) is 4.74 Å². The summed E-state index contributed by atoms with van der Waals surface area (Å²) in [5.74, 6) is 0.231. The summed E-state index contributed by atoms with van der Waals surface area (Å²) in [6.07, 6.45) is 1.28. The maximum absolute atomic E-state index is 12.5. The first-order valence-electron chi connectivity index (χ1n) is 8.91. The van der Waals surface area contributed by atoms with Gasteiger partial charge in [-0.2, -0.15) is 0 Å². The van der Waals surface area contributed by atoms with E-state index in [-0.39, 0.29) is 18.2 Å². The number of benzene rings is 2. The van der Waals surface area contributed by atoms with Crippen molar-refractivity contribution in [3.8, 4) is 5.75 Å². The van der Waals surface area contributed by atoms with Crippen LogP contribution < -0.4 is 15.4 Å². The zero-order chi connectivity index (χ0) is 20.6. The highest BCUT2D eigenvalue weighted by atomic mass is 16.5. The van der Waals surface area contributed by atoms with Crippen LogP contribution in [0.15, 0.2) is 60.9 Å². The van der Waals surface area contributed by atoms with Crippen molar-refractivity contribution in [3.05, 3.63) is 72.2 Å². The van der Waals surface area contributed by atoms with Crippen LogP contribution in [0.4, 0.5) is 17.2 Å². The maximum atomic E-state index is 12.5. The molecule has 0 unspecified atom stereocenters. The predicted octanol–water partition coefficient (Wildman–Crippen LogP) is 3.66. The average Bonchev–Trinajstić information content (AvgIpc) is 2.75. The lowest BCUT2D eigenvalue weighted by molar-refractivity contribution is 0.0527. The Labute approximate surface area is 167 Å². The molecule has 0 bridgehead atoms. The van der Waals surface area contributed by atoms with E-state index in [1.165, 1.54) is 12.4 Å². The van der Waals surface area contributed by atoms with E-state index >= 15 is 0 Å². The highest BCUT2D eigenvalue weighted by molar-refractivity contribution is 6.03. The van der Waals surface area contributed by atoms with Crippen LogP contribution in [0, 0.1) is 0 Å². The van der Waals surface area contributed by atoms with E-state index in [2.05, 4.69) is 20.6 Å². The van der Waals surface area contributed by atoms with Crippen LogP contribution in [0.2, 0.25) is 0 Å². The molecule has 0 fully saturated rings. The van der Waals surface area contributed by atoms with Crippen LogP contribution in [-0.4, -0.2) is 35.6 Å². The van der Waals surface area contributed by atoms with E-state index in [4.69, 9.17) is 9.47 Å². The van der Waals surface area contributed by atoms with Gasteiger partial charge in [-0.05, 0) is 43.3 Å². The summed E-state index contributed by atoms with van der Waals surface area (Å²) in [5, 5.41) is 5.80. The number of nitrogens with zero attached hydrogens (tertiary/aromatic N) is 2. The summed E-state index contributed by atoms with van der Waals surface area (Å²) in [7, 11) is 1.57. The Hall–Kier alpha value is -3.94. The second-order valence-electron chi connectivity index (χ2n) is 5.86. The number of methoxy groups -OCH3 is 1. The van der Waals surface area contributed by atoms with Crippen molar-refractivity contribution < 1.29 is 19.1 Å². The Kier molecular flexibility index (Phi) is 6.36. The average molecular weight is 392 g/mol. The van der Waals surface area contributed by atoms with Gasteiger partial charge in [0.2, 0.25) is 0 Å². The fourth-order valence-corrected chi connectivity index (χ4v) is 2.54. The van der Waals surface area contributed by atoms with E-state index in [0.29, 0.717) is 28.5 Å². The molecule has 1 amide bonds. The fourth-order valence-electron chi connectivity index (χ4n) is 2.54. The third kappa shape index (κ3) is 5.07. The van der Waals surface area contributed by atoms with E-state index in [0.717, 1.165) is 0 Å². The van der Waals surface area contributed by atoms with Gasteiger partial charge in [-0.15, -0.1) is 0 Å². The number of rotatable bonds is 7. The molecular weight excluding hydrogens is 372 g/mol. The molecule has 2 N–H and O–H groups in total. The highest BCUT2D eigenvalue weighted by Crippen LogP contribution is 2.21. The Morgan fingerprint density at radius 1 is 1.03 bits per heavy atom. The van der Waals surface area contributed by atoms with Crippen LogP contribution >= 0.6 is 0 Å². The minimum Gasteiger partial charge on any atom is -0.497 e. The molecule has 8 nitrogen and oxygen atoms in total. The van der Waals surface area contributed by atoms with Crippen LogP contribution in [0.5, 0.6) is 5.75 Å². The molecule has 0 saturated heterocycles. The van der Waals surface area contributed by atoms with Gasteiger partial charge in [0.25, 0.3) is 5.91 Å². The van der Waals surface area contributed by atoms with Gasteiger partial charge in [0.15, 0.2) is 0 Å². The number of aromatic nitrogens is 2. The lowest BCUT2D eigenvalue weighted by atomic mass is 10.2. The largest absolute Gasteiger partial charge is 0.497 e. The first-order chi connectivity index (χ1) is 14.1. The molecule has 3 rings (SSSR count). The van der Waals surface area contributed by atoms with Gasteiger partial charge in [0.05, 0.1) is 25.0 Å². The minimum atomic E-state index is -0.442. The van der Waals surface area contributed by atoms with E-state index < -0.39 is 5.97 Å². The van der Waals surface area contributed by atoms with Gasteiger partial charge in [-0.1, -0.05) is 12.1 Å². The van der Waals surface area contributed by atoms with Crippen LogP contribution in [0.25, 0.3) is 0 Å². The van der Waals surface area contributed by atoms with Gasteiger partial charge in [0, 0.05) is 11.8 Å². The van der Waals surface area contributed by atoms with Gasteiger partial charge in [-0.3, -0.25) is 4.79 Å². The summed E-state index contributed by atoms with van der Waals surface area (Å²) in [6.45, 7) is 2.02. The molecule has 0 radical (unpaired) electrons. The molecule has 0 aliphatic rings. The number of nitrogens with one attached hydrogen (secondary N) is 2. The second kappa shape index (κ2) is 9.32. The number of amides is 1. The van der Waals surface area contributed by atoms with E-state index in [9.17, 15) is 9.59 Å². The maximum Gasteiger partial charge on any atom is 0.340 e. The van der Waals surface area contributed by atoms with Gasteiger partial charge in [0.1, 0.15) is 23.6 Å². The van der Waals surface area contributed by atoms with Crippen molar-refractivity contribution in [1.82, 2.24) is 9.97 Å². The monoisotopic (exact) mass is 392 g/mol. The zero-order valence-electron chi connectivity index (χ0n) is 16.0. The number of para-hydroxylation sites is 1. The molecule has 2 aromatic carbocycles. The Balaban J connectivity index is 1.76. The molecule has 0 saturated carbocycles. The molecule has 3 aromatic rings. The first-order valence-corrected chi connectivity index (χ1v) is 8.91. The molecule has 1 aromatic heterocycles. The number of hydrogen-bond acceptors (Lipinski definition) is 7.